The van der Waals surface area contributed by atoms with Gasteiger partial charge in [-0.1, -0.05) is 66.2 Å². The third-order valence-corrected chi connectivity index (χ3v) is 8.90. The second-order valence-corrected chi connectivity index (χ2v) is 12.6. The minimum atomic E-state index is -0.349. The minimum absolute atomic E-state index is 0.0303. The van der Waals surface area contributed by atoms with Gasteiger partial charge in [0.15, 0.2) is 11.5 Å². The number of Topliss-reactive ketones (excluding diaryl/α,β-unsaturated/α-hetero) is 1. The van der Waals surface area contributed by atoms with Crippen LogP contribution < -0.4 is 14.5 Å². The maximum atomic E-state index is 13.6. The predicted octanol–water partition coefficient (Wildman–Crippen LogP) is 6.49. The van der Waals surface area contributed by atoms with Crippen LogP contribution in [0.3, 0.4) is 0 Å². The molecular formula is C35H35BrN2O5. The van der Waals surface area contributed by atoms with Gasteiger partial charge in [-0.15, -0.1) is 0 Å². The lowest BCUT2D eigenvalue weighted by Gasteiger charge is -2.34. The van der Waals surface area contributed by atoms with Crippen molar-refractivity contribution in [1.82, 2.24) is 0 Å². The number of aryl methyl sites for hydroxylation is 1. The fraction of sp³-hybridized carbons (Fsp3) is 0.286. The van der Waals surface area contributed by atoms with E-state index >= 15 is 0 Å². The average Bonchev–Trinajstić information content (AvgIpc) is 3.42. The lowest BCUT2D eigenvalue weighted by Crippen LogP contribution is -2.43. The van der Waals surface area contributed by atoms with Crippen LogP contribution in [0.1, 0.15) is 30.5 Å². The molecule has 0 saturated carbocycles. The molecule has 0 radical (unpaired) electrons. The van der Waals surface area contributed by atoms with Crippen LogP contribution in [-0.2, 0) is 21.5 Å². The highest BCUT2D eigenvalue weighted by atomic mass is 79.9. The van der Waals surface area contributed by atoms with Gasteiger partial charge in [0.25, 0.3) is 0 Å². The molecule has 0 spiro atoms. The summed E-state index contributed by atoms with van der Waals surface area (Å²) < 4.78 is 12.8. The molecule has 2 heterocycles. The first kappa shape index (κ1) is 29.2. The van der Waals surface area contributed by atoms with E-state index in [1.807, 2.05) is 60.4 Å². The van der Waals surface area contributed by atoms with E-state index in [9.17, 15) is 9.90 Å². The van der Waals surface area contributed by atoms with Crippen LogP contribution in [0, 0.1) is 6.92 Å². The topological polar surface area (TPSA) is 82.5 Å². The molecule has 0 amide bonds. The van der Waals surface area contributed by atoms with Crippen LogP contribution in [-0.4, -0.2) is 48.4 Å². The van der Waals surface area contributed by atoms with Crippen molar-refractivity contribution in [2.75, 3.05) is 36.2 Å². The highest BCUT2D eigenvalue weighted by Crippen LogP contribution is 2.48. The molecule has 7 nitrogen and oxygen atoms in total. The van der Waals surface area contributed by atoms with Gasteiger partial charge in [0.05, 0.1) is 49.2 Å². The minimum Gasteiger partial charge on any atom is -0.506 e. The van der Waals surface area contributed by atoms with Gasteiger partial charge >= 0.3 is 0 Å². The zero-order valence-corrected chi connectivity index (χ0v) is 26.1. The largest absolute Gasteiger partial charge is 0.506 e. The van der Waals surface area contributed by atoms with Crippen LogP contribution in [0.2, 0.25) is 0 Å². The summed E-state index contributed by atoms with van der Waals surface area (Å²) in [6.45, 7) is 8.09. The highest BCUT2D eigenvalue weighted by molar-refractivity contribution is 9.10. The van der Waals surface area contributed by atoms with E-state index in [4.69, 9.17) is 14.6 Å². The molecule has 0 aromatic heterocycles. The van der Waals surface area contributed by atoms with Crippen molar-refractivity contribution in [2.45, 2.75) is 38.8 Å². The summed E-state index contributed by atoms with van der Waals surface area (Å²) in [6, 6.07) is 22.1. The molecule has 0 bridgehead atoms. The lowest BCUT2D eigenvalue weighted by atomic mass is 9.77. The summed E-state index contributed by atoms with van der Waals surface area (Å²) in [5.41, 5.74) is 5.48. The average molecular weight is 644 g/mol. The van der Waals surface area contributed by atoms with Gasteiger partial charge < -0.3 is 29.5 Å². The Hall–Kier alpha value is -3.85. The Labute approximate surface area is 260 Å². The maximum absolute atomic E-state index is 13.6. The smallest absolute Gasteiger partial charge is 0.201 e. The number of ether oxygens (including phenoxy) is 2. The summed E-state index contributed by atoms with van der Waals surface area (Å²) in [7, 11) is 0. The Morgan fingerprint density at radius 3 is 2.56 bits per heavy atom. The second-order valence-electron chi connectivity index (χ2n) is 11.7. The molecule has 1 atom stereocenters. The van der Waals surface area contributed by atoms with Gasteiger partial charge in [-0.05, 0) is 60.0 Å². The Morgan fingerprint density at radius 2 is 1.81 bits per heavy atom. The van der Waals surface area contributed by atoms with Crippen molar-refractivity contribution < 1.29 is 24.5 Å². The Morgan fingerprint density at radius 1 is 1.05 bits per heavy atom. The molecule has 1 aliphatic carbocycles. The van der Waals surface area contributed by atoms with Gasteiger partial charge in [-0.3, -0.25) is 4.79 Å². The molecule has 2 N–H and O–H groups in total. The van der Waals surface area contributed by atoms with Crippen LogP contribution >= 0.6 is 15.9 Å². The standard InChI is InChI=1S/C35H35BrN2O5/c1-22-9-11-29-30(17-22)43-32(38(29)21-23-7-5-4-6-8-23)20-26-33(40)25(34(26)41)19-31-35(2,3)27-18-24(36)10-12-28(27)37(31)13-15-42-16-14-39/h4-12,17-20,31,39-40H,13-16,21H2,1-3H3/b25-19+,32-20+. The molecule has 3 aliphatic rings. The number of aliphatic hydroxyl groups is 2. The number of anilines is 2. The van der Waals surface area contributed by atoms with Crippen LogP contribution in [0.25, 0.3) is 0 Å². The van der Waals surface area contributed by atoms with Crippen LogP contribution in [0.4, 0.5) is 11.4 Å². The number of hydrogen-bond donors (Lipinski definition) is 2. The molecule has 3 aromatic carbocycles. The quantitative estimate of drug-likeness (QED) is 0.204. The molecule has 222 valence electrons. The third-order valence-electron chi connectivity index (χ3n) is 8.41. The van der Waals surface area contributed by atoms with E-state index in [0.29, 0.717) is 31.2 Å². The Balaban J connectivity index is 1.33. The molecule has 6 rings (SSSR count). The number of allylic oxidation sites excluding steroid dienone is 3. The number of benzene rings is 3. The number of nitrogens with zero attached hydrogens (tertiary/aromatic N) is 2. The third kappa shape index (κ3) is 5.39. The normalized spacial score (nSPS) is 20.5. The first-order chi connectivity index (χ1) is 20.7. The number of halogens is 1. The van der Waals surface area contributed by atoms with E-state index in [1.54, 1.807) is 6.08 Å². The Kier molecular flexibility index (Phi) is 7.94. The van der Waals surface area contributed by atoms with Gasteiger partial charge in [0, 0.05) is 28.2 Å². The lowest BCUT2D eigenvalue weighted by molar-refractivity contribution is -0.113. The van der Waals surface area contributed by atoms with Gasteiger partial charge in [-0.2, -0.15) is 0 Å². The SMILES string of the molecule is Cc1ccc2c(c1)O/C(=C/C1=C(O)C(=C\C3N(CCOCCO)c4ccc(Br)cc4C3(C)C)/C1=O)N2Cc1ccccc1. The van der Waals surface area contributed by atoms with Gasteiger partial charge in [0.1, 0.15) is 5.76 Å². The number of aliphatic hydroxyl groups excluding tert-OH is 2. The molecule has 0 saturated heterocycles. The van der Waals surface area contributed by atoms with Crippen molar-refractivity contribution in [1.29, 1.82) is 0 Å². The molecular weight excluding hydrogens is 608 g/mol. The van der Waals surface area contributed by atoms with E-state index in [0.717, 1.165) is 38.3 Å². The van der Waals surface area contributed by atoms with E-state index in [2.05, 4.69) is 58.9 Å². The zero-order valence-electron chi connectivity index (χ0n) is 24.5. The van der Waals surface area contributed by atoms with Crippen LogP contribution in [0.5, 0.6) is 5.75 Å². The molecule has 0 fully saturated rings. The van der Waals surface area contributed by atoms with E-state index in [-0.39, 0.29) is 41.8 Å². The first-order valence-electron chi connectivity index (χ1n) is 14.5. The Bertz CT molecular complexity index is 1660. The monoisotopic (exact) mass is 642 g/mol. The fourth-order valence-corrected chi connectivity index (χ4v) is 6.48. The van der Waals surface area contributed by atoms with Crippen molar-refractivity contribution in [2.24, 2.45) is 0 Å². The zero-order chi connectivity index (χ0) is 30.3. The summed E-state index contributed by atoms with van der Waals surface area (Å²) in [6.07, 6.45) is 3.54. The van der Waals surface area contributed by atoms with Crippen molar-refractivity contribution >= 4 is 33.1 Å². The number of ketones is 1. The van der Waals surface area contributed by atoms with Crippen LogP contribution in [0.15, 0.2) is 106 Å². The second kappa shape index (κ2) is 11.7. The molecule has 43 heavy (non-hydrogen) atoms. The summed E-state index contributed by atoms with van der Waals surface area (Å²) >= 11 is 3.60. The maximum Gasteiger partial charge on any atom is 0.201 e. The molecule has 3 aromatic rings. The summed E-state index contributed by atoms with van der Waals surface area (Å²) in [5, 5.41) is 20.4. The van der Waals surface area contributed by atoms with Gasteiger partial charge in [-0.25, -0.2) is 0 Å². The van der Waals surface area contributed by atoms with Crippen molar-refractivity contribution in [3.8, 4) is 5.75 Å². The first-order valence-corrected chi connectivity index (χ1v) is 15.3. The van der Waals surface area contributed by atoms with E-state index in [1.165, 1.54) is 0 Å². The molecule has 8 heteroatoms. The van der Waals surface area contributed by atoms with Crippen molar-refractivity contribution in [3.63, 3.8) is 0 Å². The number of carbonyl (C=O) groups is 1. The number of fused-ring (bicyclic) bond motifs is 2. The van der Waals surface area contributed by atoms with E-state index < -0.39 is 0 Å². The van der Waals surface area contributed by atoms with Gasteiger partial charge in [0.2, 0.25) is 5.88 Å². The number of carbonyl (C=O) groups excluding carboxylic acids is 1. The molecule has 2 aliphatic heterocycles. The summed E-state index contributed by atoms with van der Waals surface area (Å²) in [4.78, 5) is 17.8. The fourth-order valence-electron chi connectivity index (χ4n) is 6.12. The summed E-state index contributed by atoms with van der Waals surface area (Å²) in [5.74, 6) is 0.974. The number of hydrogen-bond acceptors (Lipinski definition) is 7. The van der Waals surface area contributed by atoms with Crippen molar-refractivity contribution in [3.05, 3.63) is 123 Å². The molecule has 1 unspecified atom stereocenters. The predicted molar refractivity (Wildman–Crippen MR) is 171 cm³/mol. The number of rotatable bonds is 9. The highest BCUT2D eigenvalue weighted by Gasteiger charge is 2.45.